The first kappa shape index (κ1) is 21.0. The summed E-state index contributed by atoms with van der Waals surface area (Å²) in [4.78, 5) is 49.1. The third-order valence-corrected chi connectivity index (χ3v) is 4.78. The van der Waals surface area contributed by atoms with E-state index in [1.807, 2.05) is 6.92 Å². The molecule has 0 bridgehead atoms. The number of aromatic carboxylic acids is 1. The number of aryl methyl sites for hydroxylation is 1. The van der Waals surface area contributed by atoms with Gasteiger partial charge < -0.3 is 19.5 Å². The summed E-state index contributed by atoms with van der Waals surface area (Å²) >= 11 is 0. The predicted octanol–water partition coefficient (Wildman–Crippen LogP) is 3.22. The summed E-state index contributed by atoms with van der Waals surface area (Å²) in [5.74, 6) is -2.48. The van der Waals surface area contributed by atoms with Crippen molar-refractivity contribution in [1.82, 2.24) is 0 Å². The topological polar surface area (TPSA) is 110 Å². The van der Waals surface area contributed by atoms with Crippen LogP contribution < -0.4 is 14.4 Å². The van der Waals surface area contributed by atoms with Crippen molar-refractivity contribution in [2.45, 2.75) is 39.7 Å². The Kier molecular flexibility index (Phi) is 5.86. The van der Waals surface area contributed by atoms with E-state index in [1.165, 1.54) is 38.1 Å². The van der Waals surface area contributed by atoms with Crippen molar-refractivity contribution in [1.29, 1.82) is 0 Å². The quantitative estimate of drug-likeness (QED) is 0.607. The number of esters is 2. The van der Waals surface area contributed by atoms with Crippen molar-refractivity contribution in [3.8, 4) is 11.5 Å². The molecular formula is C22H21NO7. The fourth-order valence-corrected chi connectivity index (χ4v) is 3.47. The Bertz CT molecular complexity index is 1040. The average Bonchev–Trinajstić information content (AvgIpc) is 2.66. The second-order valence-electron chi connectivity index (χ2n) is 7.06. The van der Waals surface area contributed by atoms with Gasteiger partial charge in [0.25, 0.3) is 5.91 Å². The fraction of sp³-hybridized carbons (Fsp3) is 0.273. The average molecular weight is 411 g/mol. The van der Waals surface area contributed by atoms with Gasteiger partial charge in [0, 0.05) is 31.6 Å². The van der Waals surface area contributed by atoms with Crippen LogP contribution in [0, 0.1) is 0 Å². The molecule has 1 amide bonds. The van der Waals surface area contributed by atoms with Gasteiger partial charge in [0.15, 0.2) is 0 Å². The zero-order chi connectivity index (χ0) is 22.0. The van der Waals surface area contributed by atoms with E-state index in [4.69, 9.17) is 9.47 Å². The SMILES string of the molecule is CC(=O)Oc1ccc(C(=O)N2c3ccc(C(=O)O)cc3CC[C@@H]2C)c(OC(C)=O)c1. The summed E-state index contributed by atoms with van der Waals surface area (Å²) < 4.78 is 10.2. The summed E-state index contributed by atoms with van der Waals surface area (Å²) in [5.41, 5.74) is 1.65. The Morgan fingerprint density at radius 1 is 1.00 bits per heavy atom. The van der Waals surface area contributed by atoms with Gasteiger partial charge in [-0.15, -0.1) is 0 Å². The minimum atomic E-state index is -1.03. The number of carbonyl (C=O) groups excluding carboxylic acids is 3. The molecule has 0 spiro atoms. The standard InChI is InChI=1S/C22H21NO7/c1-12-4-5-15-10-16(22(27)28)6-9-19(15)23(12)21(26)18-8-7-17(29-13(2)24)11-20(18)30-14(3)25/h6-12H,4-5H2,1-3H3,(H,27,28)/t12-/m0/s1. The van der Waals surface area contributed by atoms with Gasteiger partial charge >= 0.3 is 17.9 Å². The molecule has 1 atom stereocenters. The number of nitrogens with zero attached hydrogens (tertiary/aromatic N) is 1. The smallest absolute Gasteiger partial charge is 0.335 e. The number of hydrogen-bond acceptors (Lipinski definition) is 6. The number of carboxylic acids is 1. The molecule has 0 aromatic heterocycles. The summed E-state index contributed by atoms with van der Waals surface area (Å²) in [6.07, 6.45) is 1.29. The van der Waals surface area contributed by atoms with Gasteiger partial charge in [-0.25, -0.2) is 4.79 Å². The molecule has 1 aliphatic heterocycles. The largest absolute Gasteiger partial charge is 0.478 e. The van der Waals surface area contributed by atoms with Gasteiger partial charge in [-0.1, -0.05) is 0 Å². The van der Waals surface area contributed by atoms with Crippen LogP contribution in [0.25, 0.3) is 0 Å². The van der Waals surface area contributed by atoms with Gasteiger partial charge in [0.1, 0.15) is 11.5 Å². The molecule has 2 aromatic carbocycles. The first-order chi connectivity index (χ1) is 14.2. The van der Waals surface area contributed by atoms with Crippen molar-refractivity contribution in [2.24, 2.45) is 0 Å². The Hall–Kier alpha value is -3.68. The van der Waals surface area contributed by atoms with Crippen molar-refractivity contribution in [3.05, 3.63) is 53.1 Å². The zero-order valence-corrected chi connectivity index (χ0v) is 16.8. The number of benzene rings is 2. The molecule has 1 N–H and O–H groups in total. The molecule has 156 valence electrons. The highest BCUT2D eigenvalue weighted by Gasteiger charge is 2.31. The van der Waals surface area contributed by atoms with Gasteiger partial charge in [-0.3, -0.25) is 14.4 Å². The highest BCUT2D eigenvalue weighted by molar-refractivity contribution is 6.09. The Morgan fingerprint density at radius 3 is 2.33 bits per heavy atom. The molecular weight excluding hydrogens is 390 g/mol. The zero-order valence-electron chi connectivity index (χ0n) is 16.8. The van der Waals surface area contributed by atoms with Crippen LogP contribution in [0.3, 0.4) is 0 Å². The summed E-state index contributed by atoms with van der Waals surface area (Å²) in [6.45, 7) is 4.34. The van der Waals surface area contributed by atoms with Crippen LogP contribution in [0.15, 0.2) is 36.4 Å². The lowest BCUT2D eigenvalue weighted by molar-refractivity contribution is -0.132. The third-order valence-electron chi connectivity index (χ3n) is 4.78. The second-order valence-corrected chi connectivity index (χ2v) is 7.06. The van der Waals surface area contributed by atoms with Gasteiger partial charge in [0.05, 0.1) is 11.1 Å². The molecule has 1 aliphatic rings. The van der Waals surface area contributed by atoms with Crippen LogP contribution in [0.1, 0.15) is 53.5 Å². The number of hydrogen-bond donors (Lipinski definition) is 1. The lowest BCUT2D eigenvalue weighted by Gasteiger charge is -2.35. The monoisotopic (exact) mass is 411 g/mol. The molecule has 0 radical (unpaired) electrons. The van der Waals surface area contributed by atoms with E-state index in [0.717, 1.165) is 5.56 Å². The normalized spacial score (nSPS) is 15.2. The number of carboxylic acid groups (broad SMARTS) is 1. The molecule has 0 fully saturated rings. The molecule has 0 saturated carbocycles. The molecule has 0 unspecified atom stereocenters. The van der Waals surface area contributed by atoms with Crippen LogP contribution >= 0.6 is 0 Å². The van der Waals surface area contributed by atoms with E-state index < -0.39 is 23.8 Å². The fourth-order valence-electron chi connectivity index (χ4n) is 3.47. The molecule has 3 rings (SSSR count). The number of anilines is 1. The second kappa shape index (κ2) is 8.36. The van der Waals surface area contributed by atoms with E-state index >= 15 is 0 Å². The number of amides is 1. The molecule has 0 saturated heterocycles. The van der Waals surface area contributed by atoms with Gasteiger partial charge in [-0.05, 0) is 55.7 Å². The summed E-state index contributed by atoms with van der Waals surface area (Å²) in [5, 5.41) is 9.24. The maximum Gasteiger partial charge on any atom is 0.335 e. The maximum atomic E-state index is 13.4. The molecule has 2 aromatic rings. The van der Waals surface area contributed by atoms with E-state index in [9.17, 15) is 24.3 Å². The summed E-state index contributed by atoms with van der Waals surface area (Å²) in [6, 6.07) is 8.69. The van der Waals surface area contributed by atoms with Gasteiger partial charge in [-0.2, -0.15) is 0 Å². The molecule has 8 heteroatoms. The van der Waals surface area contributed by atoms with E-state index in [1.54, 1.807) is 17.0 Å². The third kappa shape index (κ3) is 4.32. The predicted molar refractivity (Wildman–Crippen MR) is 107 cm³/mol. The Morgan fingerprint density at radius 2 is 1.70 bits per heavy atom. The highest BCUT2D eigenvalue weighted by Crippen LogP contribution is 2.35. The van der Waals surface area contributed by atoms with Crippen LogP contribution in [-0.4, -0.2) is 35.0 Å². The molecule has 8 nitrogen and oxygen atoms in total. The number of fused-ring (bicyclic) bond motifs is 1. The Balaban J connectivity index is 2.04. The van der Waals surface area contributed by atoms with Crippen molar-refractivity contribution < 1.29 is 33.8 Å². The maximum absolute atomic E-state index is 13.4. The van der Waals surface area contributed by atoms with Crippen LogP contribution in [0.5, 0.6) is 11.5 Å². The summed E-state index contributed by atoms with van der Waals surface area (Å²) in [7, 11) is 0. The lowest BCUT2D eigenvalue weighted by atomic mass is 9.94. The first-order valence-corrected chi connectivity index (χ1v) is 9.38. The van der Waals surface area contributed by atoms with E-state index in [2.05, 4.69) is 0 Å². The molecule has 1 heterocycles. The molecule has 0 aliphatic carbocycles. The van der Waals surface area contributed by atoms with Crippen molar-refractivity contribution >= 4 is 29.5 Å². The van der Waals surface area contributed by atoms with Crippen molar-refractivity contribution in [2.75, 3.05) is 4.90 Å². The highest BCUT2D eigenvalue weighted by atomic mass is 16.5. The van der Waals surface area contributed by atoms with Crippen LogP contribution in [0.4, 0.5) is 5.69 Å². The number of ether oxygens (including phenoxy) is 2. The van der Waals surface area contributed by atoms with Crippen LogP contribution in [-0.2, 0) is 16.0 Å². The van der Waals surface area contributed by atoms with Gasteiger partial charge in [0.2, 0.25) is 0 Å². The van der Waals surface area contributed by atoms with Crippen molar-refractivity contribution in [3.63, 3.8) is 0 Å². The number of rotatable bonds is 4. The number of carbonyl (C=O) groups is 4. The minimum absolute atomic E-state index is 0.0206. The van der Waals surface area contributed by atoms with Crippen LogP contribution in [0.2, 0.25) is 0 Å². The van der Waals surface area contributed by atoms with E-state index in [-0.39, 0.29) is 28.7 Å². The lowest BCUT2D eigenvalue weighted by Crippen LogP contribution is -2.42. The first-order valence-electron chi connectivity index (χ1n) is 9.38. The minimum Gasteiger partial charge on any atom is -0.478 e. The Labute approximate surface area is 173 Å². The molecule has 30 heavy (non-hydrogen) atoms. The van der Waals surface area contributed by atoms with E-state index in [0.29, 0.717) is 18.5 Å².